The van der Waals surface area contributed by atoms with Crippen LogP contribution in [0.5, 0.6) is 0 Å². The Morgan fingerprint density at radius 1 is 0.412 bits per heavy atom. The van der Waals surface area contributed by atoms with Crippen LogP contribution in [0.2, 0.25) is 0 Å². The van der Waals surface area contributed by atoms with Crippen LogP contribution in [0.4, 0.5) is 45.5 Å². The Morgan fingerprint density at radius 2 is 0.676 bits per heavy atom. The lowest BCUT2D eigenvalue weighted by atomic mass is 10.2. The third kappa shape index (κ3) is 6.89. The van der Waals surface area contributed by atoms with Gasteiger partial charge in [0.1, 0.15) is 0 Å². The molecule has 0 unspecified atom stereocenters. The zero-order valence-corrected chi connectivity index (χ0v) is 18.6. The van der Waals surface area contributed by atoms with Crippen LogP contribution in [0.25, 0.3) is 0 Å². The van der Waals surface area contributed by atoms with Crippen molar-refractivity contribution in [3.05, 3.63) is 97.1 Å². The van der Waals surface area contributed by atoms with E-state index in [-0.39, 0.29) is 0 Å². The van der Waals surface area contributed by atoms with Crippen molar-refractivity contribution in [1.29, 1.82) is 0 Å². The average molecular weight is 451 g/mol. The summed E-state index contributed by atoms with van der Waals surface area (Å²) in [6.45, 7) is 1.54. The number of anilines is 4. The maximum atomic E-state index is 5.68. The van der Waals surface area contributed by atoms with Gasteiger partial charge in [0.2, 0.25) is 0 Å². The first kappa shape index (κ1) is 22.5. The first-order chi connectivity index (χ1) is 16.6. The number of nitrogens with one attached hydrogen (secondary N) is 2. The molecule has 0 fully saturated rings. The SMILES string of the molecule is Nc1ccc(/N=N/c2ccc(NCCNc3ccc(/N=N/c4ccc(N)cc4)cc3)cc2)cc1. The largest absolute Gasteiger partial charge is 0.399 e. The van der Waals surface area contributed by atoms with E-state index in [1.54, 1.807) is 24.3 Å². The van der Waals surface area contributed by atoms with E-state index < -0.39 is 0 Å². The molecule has 0 atom stereocenters. The van der Waals surface area contributed by atoms with E-state index in [1.165, 1.54) is 0 Å². The summed E-state index contributed by atoms with van der Waals surface area (Å²) in [6.07, 6.45) is 0. The quantitative estimate of drug-likeness (QED) is 0.122. The van der Waals surface area contributed by atoms with Crippen molar-refractivity contribution in [3.63, 3.8) is 0 Å². The lowest BCUT2D eigenvalue weighted by Crippen LogP contribution is -2.13. The monoisotopic (exact) mass is 450 g/mol. The summed E-state index contributed by atoms with van der Waals surface area (Å²) in [7, 11) is 0. The minimum atomic E-state index is 0.706. The molecule has 8 nitrogen and oxygen atoms in total. The molecule has 0 radical (unpaired) electrons. The smallest absolute Gasteiger partial charge is 0.0858 e. The van der Waals surface area contributed by atoms with Crippen LogP contribution in [-0.2, 0) is 0 Å². The van der Waals surface area contributed by atoms with Crippen LogP contribution in [0.1, 0.15) is 0 Å². The third-order valence-electron chi connectivity index (χ3n) is 4.87. The Kier molecular flexibility index (Phi) is 7.43. The number of rotatable bonds is 9. The molecule has 8 heteroatoms. The highest BCUT2D eigenvalue weighted by Crippen LogP contribution is 2.22. The summed E-state index contributed by atoms with van der Waals surface area (Å²) in [5.41, 5.74) is 17.9. The van der Waals surface area contributed by atoms with E-state index in [2.05, 4.69) is 31.1 Å². The Labute approximate surface area is 198 Å². The summed E-state index contributed by atoms with van der Waals surface area (Å²) in [5, 5.41) is 23.7. The van der Waals surface area contributed by atoms with Gasteiger partial charge in [-0.1, -0.05) is 0 Å². The van der Waals surface area contributed by atoms with E-state index in [0.717, 1.165) is 47.2 Å². The molecule has 0 heterocycles. The Hall–Kier alpha value is -4.72. The number of azo groups is 2. The number of nitrogens with zero attached hydrogens (tertiary/aromatic N) is 4. The number of hydrogen-bond acceptors (Lipinski definition) is 8. The minimum Gasteiger partial charge on any atom is -0.399 e. The molecule has 0 aliphatic carbocycles. The maximum Gasteiger partial charge on any atom is 0.0858 e. The second-order valence-electron chi connectivity index (χ2n) is 7.53. The summed E-state index contributed by atoms with van der Waals surface area (Å²) in [4.78, 5) is 0. The van der Waals surface area contributed by atoms with Gasteiger partial charge in [0.25, 0.3) is 0 Å². The summed E-state index contributed by atoms with van der Waals surface area (Å²) < 4.78 is 0. The normalized spacial score (nSPS) is 11.2. The van der Waals surface area contributed by atoms with Crippen molar-refractivity contribution >= 4 is 45.5 Å². The fourth-order valence-electron chi connectivity index (χ4n) is 3.02. The van der Waals surface area contributed by atoms with Crippen LogP contribution >= 0.6 is 0 Å². The van der Waals surface area contributed by atoms with E-state index in [0.29, 0.717) is 11.4 Å². The summed E-state index contributed by atoms with van der Waals surface area (Å²) >= 11 is 0. The van der Waals surface area contributed by atoms with Crippen molar-refractivity contribution in [3.8, 4) is 0 Å². The fraction of sp³-hybridized carbons (Fsp3) is 0.0769. The van der Waals surface area contributed by atoms with Crippen LogP contribution in [0.15, 0.2) is 118 Å². The van der Waals surface area contributed by atoms with Crippen molar-refractivity contribution in [2.45, 2.75) is 0 Å². The average Bonchev–Trinajstić information content (AvgIpc) is 2.87. The standard InChI is InChI=1S/C26H26N8/c27-19-1-5-23(6-2-19)31-33-25-13-9-21(10-14-25)29-17-18-30-22-11-15-26(16-12-22)34-32-24-7-3-20(28)4-8-24/h1-16,29-30H,17-18,27-28H2/b33-31+,34-32+. The van der Waals surface area contributed by atoms with Gasteiger partial charge in [-0.05, 0) is 97.1 Å². The van der Waals surface area contributed by atoms with Crippen LogP contribution in [0, 0.1) is 0 Å². The van der Waals surface area contributed by atoms with Crippen molar-refractivity contribution in [1.82, 2.24) is 0 Å². The highest BCUT2D eigenvalue weighted by molar-refractivity contribution is 5.54. The molecule has 4 rings (SSSR count). The second kappa shape index (κ2) is 11.2. The summed E-state index contributed by atoms with van der Waals surface area (Å²) in [6, 6.07) is 30.2. The Morgan fingerprint density at radius 3 is 0.971 bits per heavy atom. The molecule has 6 N–H and O–H groups in total. The number of benzene rings is 4. The molecule has 0 saturated heterocycles. The van der Waals surface area contributed by atoms with Gasteiger partial charge in [-0.3, -0.25) is 0 Å². The predicted molar refractivity (Wildman–Crippen MR) is 140 cm³/mol. The first-order valence-corrected chi connectivity index (χ1v) is 10.9. The van der Waals surface area contributed by atoms with E-state index in [4.69, 9.17) is 11.5 Å². The minimum absolute atomic E-state index is 0.706. The third-order valence-corrected chi connectivity index (χ3v) is 4.87. The van der Waals surface area contributed by atoms with E-state index in [1.807, 2.05) is 72.8 Å². The van der Waals surface area contributed by atoms with Crippen molar-refractivity contribution in [2.75, 3.05) is 35.2 Å². The van der Waals surface area contributed by atoms with Gasteiger partial charge in [-0.15, -0.1) is 0 Å². The molecular formula is C26H26N8. The van der Waals surface area contributed by atoms with Crippen LogP contribution < -0.4 is 22.1 Å². The van der Waals surface area contributed by atoms with Crippen LogP contribution in [0.3, 0.4) is 0 Å². The summed E-state index contributed by atoms with van der Waals surface area (Å²) in [5.74, 6) is 0. The van der Waals surface area contributed by atoms with Gasteiger partial charge in [-0.25, -0.2) is 0 Å². The van der Waals surface area contributed by atoms with Crippen molar-refractivity contribution in [2.24, 2.45) is 20.5 Å². The molecule has 0 aliphatic heterocycles. The fourth-order valence-corrected chi connectivity index (χ4v) is 3.02. The molecule has 0 aromatic heterocycles. The highest BCUT2D eigenvalue weighted by atomic mass is 15.1. The Bertz CT molecular complexity index is 1130. The molecular weight excluding hydrogens is 424 g/mol. The van der Waals surface area contributed by atoms with Crippen molar-refractivity contribution < 1.29 is 0 Å². The molecule has 170 valence electrons. The van der Waals surface area contributed by atoms with E-state index >= 15 is 0 Å². The van der Waals surface area contributed by atoms with Gasteiger partial charge in [0, 0.05) is 35.8 Å². The Balaban J connectivity index is 1.19. The van der Waals surface area contributed by atoms with Gasteiger partial charge in [0.05, 0.1) is 22.7 Å². The molecule has 4 aromatic rings. The number of nitrogens with two attached hydrogens (primary N) is 2. The zero-order chi connectivity index (χ0) is 23.6. The van der Waals surface area contributed by atoms with Crippen LogP contribution in [-0.4, -0.2) is 13.1 Å². The highest BCUT2D eigenvalue weighted by Gasteiger charge is 1.97. The number of hydrogen-bond donors (Lipinski definition) is 4. The number of nitrogen functional groups attached to an aromatic ring is 2. The lowest BCUT2D eigenvalue weighted by Gasteiger charge is -2.09. The molecule has 0 bridgehead atoms. The van der Waals surface area contributed by atoms with Gasteiger partial charge >= 0.3 is 0 Å². The molecule has 34 heavy (non-hydrogen) atoms. The molecule has 0 saturated carbocycles. The van der Waals surface area contributed by atoms with Gasteiger partial charge in [-0.2, -0.15) is 20.5 Å². The lowest BCUT2D eigenvalue weighted by molar-refractivity contribution is 1.08. The molecule has 4 aromatic carbocycles. The molecule has 0 aliphatic rings. The molecule has 0 spiro atoms. The van der Waals surface area contributed by atoms with E-state index in [9.17, 15) is 0 Å². The zero-order valence-electron chi connectivity index (χ0n) is 18.6. The maximum absolute atomic E-state index is 5.68. The molecule has 0 amide bonds. The van der Waals surface area contributed by atoms with Gasteiger partial charge in [0.15, 0.2) is 0 Å². The second-order valence-corrected chi connectivity index (χ2v) is 7.53. The predicted octanol–water partition coefficient (Wildman–Crippen LogP) is 7.21. The first-order valence-electron chi connectivity index (χ1n) is 10.9. The topological polar surface area (TPSA) is 126 Å². The van der Waals surface area contributed by atoms with Gasteiger partial charge < -0.3 is 22.1 Å².